The van der Waals surface area contributed by atoms with Crippen molar-refractivity contribution in [3.05, 3.63) is 65.5 Å². The van der Waals surface area contributed by atoms with Crippen molar-refractivity contribution in [2.75, 3.05) is 0 Å². The minimum Gasteiger partial charge on any atom is -0.489 e. The Labute approximate surface area is 114 Å². The van der Waals surface area contributed by atoms with E-state index in [9.17, 15) is 4.39 Å². The topological polar surface area (TPSA) is 9.23 Å². The van der Waals surface area contributed by atoms with E-state index < -0.39 is 0 Å². The van der Waals surface area contributed by atoms with Gasteiger partial charge in [0, 0.05) is 5.56 Å². The van der Waals surface area contributed by atoms with Crippen LogP contribution in [-0.2, 0) is 13.0 Å². The lowest BCUT2D eigenvalue weighted by atomic mass is 10.0. The van der Waals surface area contributed by atoms with Gasteiger partial charge in [-0.25, -0.2) is 4.39 Å². The third kappa shape index (κ3) is 3.82. The molecule has 0 unspecified atom stereocenters. The van der Waals surface area contributed by atoms with Crippen LogP contribution in [0.2, 0.25) is 0 Å². The fourth-order valence-corrected chi connectivity index (χ4v) is 2.02. The predicted octanol–water partition coefficient (Wildman–Crippen LogP) is 4.60. The fraction of sp³-hybridized carbons (Fsp3) is 0.294. The first-order valence-electron chi connectivity index (χ1n) is 6.61. The summed E-state index contributed by atoms with van der Waals surface area (Å²) in [7, 11) is 0. The highest BCUT2D eigenvalue weighted by Gasteiger charge is 2.11. The lowest BCUT2D eigenvalue weighted by Crippen LogP contribution is -2.03. The van der Waals surface area contributed by atoms with Gasteiger partial charge in [0.2, 0.25) is 0 Å². The molecule has 0 aliphatic carbocycles. The number of hydrogen-bond acceptors (Lipinski definition) is 1. The molecule has 100 valence electrons. The van der Waals surface area contributed by atoms with E-state index in [0.29, 0.717) is 30.3 Å². The molecule has 0 aromatic heterocycles. The van der Waals surface area contributed by atoms with Crippen LogP contribution in [0.4, 0.5) is 4.39 Å². The largest absolute Gasteiger partial charge is 0.489 e. The van der Waals surface area contributed by atoms with Gasteiger partial charge in [-0.2, -0.15) is 0 Å². The summed E-state index contributed by atoms with van der Waals surface area (Å²) in [5.74, 6) is 0.868. The first-order chi connectivity index (χ1) is 9.16. The van der Waals surface area contributed by atoms with Crippen molar-refractivity contribution in [3.63, 3.8) is 0 Å². The second-order valence-electron chi connectivity index (χ2n) is 5.09. The van der Waals surface area contributed by atoms with Crippen LogP contribution >= 0.6 is 0 Å². The van der Waals surface area contributed by atoms with Crippen molar-refractivity contribution in [3.8, 4) is 5.75 Å². The summed E-state index contributed by atoms with van der Waals surface area (Å²) >= 11 is 0. The molecule has 0 amide bonds. The summed E-state index contributed by atoms with van der Waals surface area (Å²) in [6.07, 6.45) is 0.691. The van der Waals surface area contributed by atoms with Crippen LogP contribution in [0.1, 0.15) is 25.0 Å². The van der Waals surface area contributed by atoms with Crippen molar-refractivity contribution >= 4 is 0 Å². The molecule has 0 aliphatic heterocycles. The average Bonchev–Trinajstić information content (AvgIpc) is 2.40. The summed E-state index contributed by atoms with van der Waals surface area (Å²) in [6.45, 7) is 4.62. The van der Waals surface area contributed by atoms with Crippen molar-refractivity contribution in [2.24, 2.45) is 5.92 Å². The highest BCUT2D eigenvalue weighted by Crippen LogP contribution is 2.25. The lowest BCUT2D eigenvalue weighted by Gasteiger charge is -2.14. The zero-order valence-electron chi connectivity index (χ0n) is 11.4. The second kappa shape index (κ2) is 6.37. The maximum Gasteiger partial charge on any atom is 0.130 e. The van der Waals surface area contributed by atoms with Crippen molar-refractivity contribution in [2.45, 2.75) is 26.9 Å². The van der Waals surface area contributed by atoms with E-state index >= 15 is 0 Å². The van der Waals surface area contributed by atoms with Gasteiger partial charge in [0.25, 0.3) is 0 Å². The van der Waals surface area contributed by atoms with Gasteiger partial charge >= 0.3 is 0 Å². The Kier molecular flexibility index (Phi) is 4.56. The Morgan fingerprint density at radius 2 is 1.74 bits per heavy atom. The molecule has 0 N–H and O–H groups in total. The molecule has 2 rings (SSSR count). The van der Waals surface area contributed by atoms with E-state index in [4.69, 9.17) is 4.74 Å². The van der Waals surface area contributed by atoms with E-state index in [0.717, 1.165) is 5.56 Å². The molecule has 0 saturated heterocycles. The van der Waals surface area contributed by atoms with Crippen molar-refractivity contribution in [1.82, 2.24) is 0 Å². The molecule has 0 aliphatic rings. The number of halogens is 1. The van der Waals surface area contributed by atoms with Crippen LogP contribution in [0.25, 0.3) is 0 Å². The zero-order valence-corrected chi connectivity index (χ0v) is 11.4. The normalized spacial score (nSPS) is 10.7. The quantitative estimate of drug-likeness (QED) is 0.761. The van der Waals surface area contributed by atoms with Crippen LogP contribution in [0.3, 0.4) is 0 Å². The SMILES string of the molecule is CC(C)Cc1c(F)cccc1OCc1ccccc1. The summed E-state index contributed by atoms with van der Waals surface area (Å²) in [5.41, 5.74) is 1.76. The third-order valence-corrected chi connectivity index (χ3v) is 2.93. The maximum atomic E-state index is 13.9. The summed E-state index contributed by atoms with van der Waals surface area (Å²) in [5, 5.41) is 0. The molecule has 0 spiro atoms. The third-order valence-electron chi connectivity index (χ3n) is 2.93. The lowest BCUT2D eigenvalue weighted by molar-refractivity contribution is 0.299. The van der Waals surface area contributed by atoms with E-state index in [2.05, 4.69) is 13.8 Å². The summed E-state index contributed by atoms with van der Waals surface area (Å²) in [4.78, 5) is 0. The highest BCUT2D eigenvalue weighted by atomic mass is 19.1. The van der Waals surface area contributed by atoms with Gasteiger partial charge in [-0.1, -0.05) is 50.2 Å². The van der Waals surface area contributed by atoms with E-state index in [-0.39, 0.29) is 5.82 Å². The van der Waals surface area contributed by atoms with Crippen molar-refractivity contribution < 1.29 is 9.13 Å². The fourth-order valence-electron chi connectivity index (χ4n) is 2.02. The summed E-state index contributed by atoms with van der Waals surface area (Å²) in [6, 6.07) is 14.9. The molecule has 2 heteroatoms. The Hall–Kier alpha value is -1.83. The van der Waals surface area contributed by atoms with Gasteiger partial charge in [-0.05, 0) is 30.0 Å². The average molecular weight is 258 g/mol. The minimum atomic E-state index is -0.181. The van der Waals surface area contributed by atoms with E-state index in [1.54, 1.807) is 6.07 Å². The molecule has 0 radical (unpaired) electrons. The van der Waals surface area contributed by atoms with Crippen LogP contribution in [0.15, 0.2) is 48.5 Å². The van der Waals surface area contributed by atoms with Gasteiger partial charge < -0.3 is 4.74 Å². The molecular weight excluding hydrogens is 239 g/mol. The van der Waals surface area contributed by atoms with Gasteiger partial charge in [0.1, 0.15) is 18.2 Å². The number of hydrogen-bond donors (Lipinski definition) is 0. The summed E-state index contributed by atoms with van der Waals surface area (Å²) < 4.78 is 19.6. The van der Waals surface area contributed by atoms with Gasteiger partial charge in [0.15, 0.2) is 0 Å². The number of benzene rings is 2. The molecule has 0 bridgehead atoms. The Bertz CT molecular complexity index is 520. The van der Waals surface area contributed by atoms with Crippen molar-refractivity contribution in [1.29, 1.82) is 0 Å². The molecule has 0 atom stereocenters. The predicted molar refractivity (Wildman–Crippen MR) is 75.7 cm³/mol. The molecular formula is C17H19FO. The van der Waals surface area contributed by atoms with Gasteiger partial charge in [0.05, 0.1) is 0 Å². The van der Waals surface area contributed by atoms with E-state index in [1.165, 1.54) is 6.07 Å². The number of ether oxygens (including phenoxy) is 1. The zero-order chi connectivity index (χ0) is 13.7. The van der Waals surface area contributed by atoms with Crippen LogP contribution in [0, 0.1) is 11.7 Å². The standard InChI is InChI=1S/C17H19FO/c1-13(2)11-15-16(18)9-6-10-17(15)19-12-14-7-4-3-5-8-14/h3-10,13H,11-12H2,1-2H3. The molecule has 0 heterocycles. The molecule has 0 fully saturated rings. The maximum absolute atomic E-state index is 13.9. The second-order valence-corrected chi connectivity index (χ2v) is 5.09. The Morgan fingerprint density at radius 1 is 1.00 bits per heavy atom. The first kappa shape index (κ1) is 13.6. The molecule has 2 aromatic carbocycles. The van der Waals surface area contributed by atoms with Crippen LogP contribution in [-0.4, -0.2) is 0 Å². The highest BCUT2D eigenvalue weighted by molar-refractivity contribution is 5.35. The van der Waals surface area contributed by atoms with Crippen LogP contribution < -0.4 is 4.74 Å². The minimum absolute atomic E-state index is 0.181. The smallest absolute Gasteiger partial charge is 0.130 e. The number of rotatable bonds is 5. The van der Waals surface area contributed by atoms with Gasteiger partial charge in [-0.15, -0.1) is 0 Å². The molecule has 0 saturated carbocycles. The molecule has 1 nitrogen and oxygen atoms in total. The Balaban J connectivity index is 2.13. The van der Waals surface area contributed by atoms with Gasteiger partial charge in [-0.3, -0.25) is 0 Å². The molecule has 19 heavy (non-hydrogen) atoms. The van der Waals surface area contributed by atoms with E-state index in [1.807, 2.05) is 36.4 Å². The molecule has 2 aromatic rings. The first-order valence-corrected chi connectivity index (χ1v) is 6.61. The monoisotopic (exact) mass is 258 g/mol. The Morgan fingerprint density at radius 3 is 2.42 bits per heavy atom. The van der Waals surface area contributed by atoms with Crippen LogP contribution in [0.5, 0.6) is 5.75 Å².